The molecule has 0 aliphatic carbocycles. The third kappa shape index (κ3) is 3.05. The largest absolute Gasteiger partial charge is 0.573 e. The number of alkyl halides is 3. The van der Waals surface area contributed by atoms with E-state index in [9.17, 15) is 22.4 Å². The van der Waals surface area contributed by atoms with Crippen LogP contribution in [-0.4, -0.2) is 16.6 Å². The highest BCUT2D eigenvalue weighted by molar-refractivity contribution is 6.68. The molecule has 0 spiro atoms. The average Bonchev–Trinajstić information content (AvgIpc) is 2.05. The first-order chi connectivity index (χ1) is 6.81. The van der Waals surface area contributed by atoms with Crippen LogP contribution in [0.4, 0.5) is 17.6 Å². The van der Waals surface area contributed by atoms with Gasteiger partial charge in [-0.2, -0.15) is 0 Å². The van der Waals surface area contributed by atoms with E-state index < -0.39 is 28.7 Å². The second-order valence-corrected chi connectivity index (χ2v) is 2.66. The SMILES string of the molecule is O=C(Cl)c1cncc(F)c1OC(F)(F)F. The van der Waals surface area contributed by atoms with Crippen molar-refractivity contribution in [2.75, 3.05) is 0 Å². The number of ether oxygens (including phenoxy) is 1. The van der Waals surface area contributed by atoms with Crippen molar-refractivity contribution in [3.8, 4) is 5.75 Å². The number of hydrogen-bond donors (Lipinski definition) is 0. The first-order valence-corrected chi connectivity index (χ1v) is 3.78. The zero-order valence-corrected chi connectivity index (χ0v) is 7.56. The molecule has 0 bridgehead atoms. The van der Waals surface area contributed by atoms with Crippen LogP contribution in [0.25, 0.3) is 0 Å². The van der Waals surface area contributed by atoms with Crippen LogP contribution in [0.2, 0.25) is 0 Å². The highest BCUT2D eigenvalue weighted by Crippen LogP contribution is 2.29. The van der Waals surface area contributed by atoms with Crippen molar-refractivity contribution in [3.05, 3.63) is 23.8 Å². The van der Waals surface area contributed by atoms with Crippen molar-refractivity contribution in [1.29, 1.82) is 0 Å². The molecule has 1 aromatic heterocycles. The van der Waals surface area contributed by atoms with Crippen molar-refractivity contribution in [2.24, 2.45) is 0 Å². The van der Waals surface area contributed by atoms with Gasteiger partial charge >= 0.3 is 6.36 Å². The molecular formula is C7H2ClF4NO2. The average molecular weight is 244 g/mol. The maximum atomic E-state index is 12.8. The van der Waals surface area contributed by atoms with E-state index in [1.807, 2.05) is 0 Å². The van der Waals surface area contributed by atoms with Gasteiger partial charge in [0.2, 0.25) is 0 Å². The summed E-state index contributed by atoms with van der Waals surface area (Å²) in [5, 5.41) is -1.29. The molecule has 0 amide bonds. The monoisotopic (exact) mass is 243 g/mol. The minimum atomic E-state index is -5.11. The van der Waals surface area contributed by atoms with Crippen LogP contribution in [0.1, 0.15) is 10.4 Å². The molecule has 0 fully saturated rings. The van der Waals surface area contributed by atoms with Crippen molar-refractivity contribution in [2.45, 2.75) is 6.36 Å². The highest BCUT2D eigenvalue weighted by Gasteiger charge is 2.34. The topological polar surface area (TPSA) is 39.2 Å². The molecule has 0 saturated carbocycles. The molecule has 0 atom stereocenters. The third-order valence-corrected chi connectivity index (χ3v) is 1.49. The molecule has 82 valence electrons. The molecule has 1 aromatic rings. The lowest BCUT2D eigenvalue weighted by Crippen LogP contribution is -2.19. The quantitative estimate of drug-likeness (QED) is 0.592. The highest BCUT2D eigenvalue weighted by atomic mass is 35.5. The van der Waals surface area contributed by atoms with Crippen LogP contribution in [-0.2, 0) is 0 Å². The van der Waals surface area contributed by atoms with E-state index in [1.165, 1.54) is 0 Å². The summed E-state index contributed by atoms with van der Waals surface area (Å²) in [6, 6.07) is 0. The number of aromatic nitrogens is 1. The Morgan fingerprint density at radius 2 is 2.00 bits per heavy atom. The predicted octanol–water partition coefficient (Wildman–Crippen LogP) is 2.50. The number of halogens is 5. The maximum absolute atomic E-state index is 12.8. The number of rotatable bonds is 2. The second kappa shape index (κ2) is 4.01. The molecule has 0 aromatic carbocycles. The molecule has 0 saturated heterocycles. The normalized spacial score (nSPS) is 11.3. The fourth-order valence-electron chi connectivity index (χ4n) is 0.783. The number of carbonyl (C=O) groups is 1. The maximum Gasteiger partial charge on any atom is 0.573 e. The smallest absolute Gasteiger partial charge is 0.402 e. The summed E-state index contributed by atoms with van der Waals surface area (Å²) in [4.78, 5) is 13.8. The molecule has 3 nitrogen and oxygen atoms in total. The molecular weight excluding hydrogens is 242 g/mol. The molecule has 1 heterocycles. The van der Waals surface area contributed by atoms with Gasteiger partial charge in [-0.1, -0.05) is 0 Å². The predicted molar refractivity (Wildman–Crippen MR) is 41.1 cm³/mol. The lowest BCUT2D eigenvalue weighted by molar-refractivity contribution is -0.275. The van der Waals surface area contributed by atoms with E-state index in [2.05, 4.69) is 9.72 Å². The molecule has 0 N–H and O–H groups in total. The Morgan fingerprint density at radius 1 is 1.40 bits per heavy atom. The first-order valence-electron chi connectivity index (χ1n) is 3.40. The van der Waals surface area contributed by atoms with Crippen LogP contribution in [0, 0.1) is 5.82 Å². The van der Waals surface area contributed by atoms with Gasteiger partial charge in [0.25, 0.3) is 5.24 Å². The van der Waals surface area contributed by atoms with Crippen LogP contribution >= 0.6 is 11.6 Å². The Morgan fingerprint density at radius 3 is 2.47 bits per heavy atom. The Hall–Kier alpha value is -1.37. The Kier molecular flexibility index (Phi) is 3.13. The summed E-state index contributed by atoms with van der Waals surface area (Å²) < 4.78 is 51.6. The van der Waals surface area contributed by atoms with E-state index in [4.69, 9.17) is 11.6 Å². The lowest BCUT2D eigenvalue weighted by Gasteiger charge is -2.11. The van der Waals surface area contributed by atoms with Crippen LogP contribution in [0.15, 0.2) is 12.4 Å². The van der Waals surface area contributed by atoms with Gasteiger partial charge in [0, 0.05) is 6.20 Å². The standard InChI is InChI=1S/C7H2ClF4NO2/c8-6(14)3-1-13-2-4(9)5(3)15-7(10,11)12/h1-2H. The molecule has 0 unspecified atom stereocenters. The van der Waals surface area contributed by atoms with Gasteiger partial charge in [0.15, 0.2) is 11.6 Å². The first kappa shape index (κ1) is 11.7. The van der Waals surface area contributed by atoms with Gasteiger partial charge in [-0.25, -0.2) is 4.39 Å². The lowest BCUT2D eigenvalue weighted by atomic mass is 10.3. The summed E-state index contributed by atoms with van der Waals surface area (Å²) in [6.45, 7) is 0. The van der Waals surface area contributed by atoms with E-state index in [1.54, 1.807) is 0 Å². The Bertz CT molecular complexity index is 393. The summed E-state index contributed by atoms with van der Waals surface area (Å²) in [5.41, 5.74) is -0.783. The minimum absolute atomic E-state index is 0.477. The van der Waals surface area contributed by atoms with Crippen molar-refractivity contribution in [1.82, 2.24) is 4.98 Å². The summed E-state index contributed by atoms with van der Waals surface area (Å²) in [5.74, 6) is -2.70. The molecule has 8 heteroatoms. The number of pyridine rings is 1. The second-order valence-electron chi connectivity index (χ2n) is 2.32. The molecule has 0 radical (unpaired) electrons. The summed E-state index contributed by atoms with van der Waals surface area (Å²) in [6.07, 6.45) is -3.95. The van der Waals surface area contributed by atoms with Gasteiger partial charge in [0.05, 0.1) is 11.8 Å². The van der Waals surface area contributed by atoms with Crippen molar-refractivity contribution >= 4 is 16.8 Å². The Balaban J connectivity index is 3.19. The van der Waals surface area contributed by atoms with Gasteiger partial charge in [-0.05, 0) is 11.6 Å². The van der Waals surface area contributed by atoms with Crippen molar-refractivity contribution in [3.63, 3.8) is 0 Å². The zero-order chi connectivity index (χ0) is 11.6. The van der Waals surface area contributed by atoms with Gasteiger partial charge in [-0.3, -0.25) is 9.78 Å². The van der Waals surface area contributed by atoms with Gasteiger partial charge in [-0.15, -0.1) is 13.2 Å². The van der Waals surface area contributed by atoms with Gasteiger partial charge in [0.1, 0.15) is 0 Å². The Labute approximate surface area is 85.6 Å². The van der Waals surface area contributed by atoms with Crippen molar-refractivity contribution < 1.29 is 27.1 Å². The van der Waals surface area contributed by atoms with E-state index in [0.29, 0.717) is 12.4 Å². The summed E-state index contributed by atoms with van der Waals surface area (Å²) >= 11 is 4.92. The number of carbonyl (C=O) groups excluding carboxylic acids is 1. The molecule has 0 aliphatic rings. The number of nitrogens with zero attached hydrogens (tertiary/aromatic N) is 1. The van der Waals surface area contributed by atoms with Crippen LogP contribution in [0.3, 0.4) is 0 Å². The fourth-order valence-corrected chi connectivity index (χ4v) is 0.917. The van der Waals surface area contributed by atoms with Gasteiger partial charge < -0.3 is 4.74 Å². The molecule has 1 rings (SSSR count). The summed E-state index contributed by atoms with van der Waals surface area (Å²) in [7, 11) is 0. The number of hydrogen-bond acceptors (Lipinski definition) is 3. The van der Waals surface area contributed by atoms with E-state index in [0.717, 1.165) is 0 Å². The minimum Gasteiger partial charge on any atom is -0.402 e. The van der Waals surface area contributed by atoms with E-state index in [-0.39, 0.29) is 0 Å². The van der Waals surface area contributed by atoms with E-state index >= 15 is 0 Å². The third-order valence-electron chi connectivity index (χ3n) is 1.28. The zero-order valence-electron chi connectivity index (χ0n) is 6.81. The van der Waals surface area contributed by atoms with Crippen LogP contribution in [0.5, 0.6) is 5.75 Å². The molecule has 0 aliphatic heterocycles. The fraction of sp³-hybridized carbons (Fsp3) is 0.143. The van der Waals surface area contributed by atoms with Crippen LogP contribution < -0.4 is 4.74 Å². The molecule has 15 heavy (non-hydrogen) atoms.